The summed E-state index contributed by atoms with van der Waals surface area (Å²) in [5.74, 6) is -0.00768. The van der Waals surface area contributed by atoms with Crippen molar-refractivity contribution < 1.29 is 9.59 Å². The van der Waals surface area contributed by atoms with E-state index in [4.69, 9.17) is 4.98 Å². The second-order valence-corrected chi connectivity index (χ2v) is 11.1. The van der Waals surface area contributed by atoms with E-state index in [1.807, 2.05) is 43.9 Å². The van der Waals surface area contributed by atoms with Crippen LogP contribution in [-0.4, -0.2) is 66.0 Å². The minimum Gasteiger partial charge on any atom is -0.342 e. The standard InChI is InChI=1S/C25H35N5O2S/c1-15(26-5)22(31)29-21(25(2,3)4)24(32)30-12-11-18-20(30)17(13-27-18)23-28-19(14-33-23)16-9-7-6-8-10-16/h6-10,14-15,17-18,20-21,26-27H,11-13H2,1-5H3,(H,29,31)/t15-,17-,18+,20+,21+/m0/s1. The molecule has 2 aromatic rings. The molecule has 0 radical (unpaired) electrons. The van der Waals surface area contributed by atoms with Gasteiger partial charge in [0.05, 0.1) is 22.8 Å². The van der Waals surface area contributed by atoms with E-state index in [0.717, 1.165) is 29.2 Å². The molecule has 2 fully saturated rings. The molecule has 33 heavy (non-hydrogen) atoms. The smallest absolute Gasteiger partial charge is 0.246 e. The van der Waals surface area contributed by atoms with Gasteiger partial charge in [-0.3, -0.25) is 9.59 Å². The van der Waals surface area contributed by atoms with Gasteiger partial charge >= 0.3 is 0 Å². The number of aromatic nitrogens is 1. The monoisotopic (exact) mass is 469 g/mol. The Hall–Kier alpha value is -2.29. The van der Waals surface area contributed by atoms with Gasteiger partial charge in [-0.25, -0.2) is 4.98 Å². The lowest BCUT2D eigenvalue weighted by Crippen LogP contribution is -2.58. The van der Waals surface area contributed by atoms with Crippen molar-refractivity contribution in [3.63, 3.8) is 0 Å². The molecular weight excluding hydrogens is 434 g/mol. The largest absolute Gasteiger partial charge is 0.342 e. The molecular formula is C25H35N5O2S. The molecule has 1 aromatic carbocycles. The molecule has 0 bridgehead atoms. The van der Waals surface area contributed by atoms with E-state index < -0.39 is 11.5 Å². The fraction of sp³-hybridized carbons (Fsp3) is 0.560. The van der Waals surface area contributed by atoms with E-state index in [1.165, 1.54) is 0 Å². The highest BCUT2D eigenvalue weighted by Gasteiger charge is 2.50. The lowest BCUT2D eigenvalue weighted by Gasteiger charge is -2.37. The zero-order valence-electron chi connectivity index (χ0n) is 20.1. The molecule has 3 heterocycles. The maximum atomic E-state index is 13.8. The van der Waals surface area contributed by atoms with Gasteiger partial charge in [0.2, 0.25) is 11.8 Å². The van der Waals surface area contributed by atoms with Crippen molar-refractivity contribution in [1.82, 2.24) is 25.8 Å². The molecule has 2 amide bonds. The van der Waals surface area contributed by atoms with Crippen LogP contribution in [0.4, 0.5) is 0 Å². The summed E-state index contributed by atoms with van der Waals surface area (Å²) in [5.41, 5.74) is 1.69. The first kappa shape index (κ1) is 23.9. The Morgan fingerprint density at radius 2 is 1.97 bits per heavy atom. The number of benzene rings is 1. The SMILES string of the molecule is CN[C@@H](C)C(=O)N[C@H](C(=O)N1CC[C@H]2NC[C@H](c3nc(-c4ccccc4)cs3)[C@H]21)C(C)(C)C. The molecule has 2 saturated heterocycles. The second kappa shape index (κ2) is 9.52. The Bertz CT molecular complexity index is 986. The number of likely N-dealkylation sites (N-methyl/N-ethyl adjacent to an activating group) is 1. The van der Waals surface area contributed by atoms with Crippen LogP contribution in [0.3, 0.4) is 0 Å². The summed E-state index contributed by atoms with van der Waals surface area (Å²) in [6, 6.07) is 9.56. The molecule has 0 spiro atoms. The molecule has 4 rings (SSSR count). The van der Waals surface area contributed by atoms with Crippen molar-refractivity contribution in [2.45, 2.75) is 64.2 Å². The Labute approximate surface area is 200 Å². The van der Waals surface area contributed by atoms with Crippen molar-refractivity contribution in [2.24, 2.45) is 5.41 Å². The van der Waals surface area contributed by atoms with Crippen LogP contribution in [-0.2, 0) is 9.59 Å². The van der Waals surface area contributed by atoms with Crippen LogP contribution in [0.2, 0.25) is 0 Å². The van der Waals surface area contributed by atoms with Crippen LogP contribution in [0.25, 0.3) is 11.3 Å². The van der Waals surface area contributed by atoms with Gasteiger partial charge in [0.1, 0.15) is 6.04 Å². The second-order valence-electron chi connectivity index (χ2n) is 10.2. The first-order valence-electron chi connectivity index (χ1n) is 11.7. The third-order valence-corrected chi connectivity index (χ3v) is 7.86. The average molecular weight is 470 g/mol. The van der Waals surface area contributed by atoms with Crippen LogP contribution >= 0.6 is 11.3 Å². The van der Waals surface area contributed by atoms with Gasteiger partial charge in [-0.05, 0) is 25.8 Å². The molecule has 0 aliphatic carbocycles. The minimum atomic E-state index is -0.586. The van der Waals surface area contributed by atoms with E-state index in [9.17, 15) is 9.59 Å². The molecule has 2 aliphatic rings. The third-order valence-electron chi connectivity index (χ3n) is 6.88. The number of hydrogen-bond donors (Lipinski definition) is 3. The molecule has 2 aliphatic heterocycles. The number of carbonyl (C=O) groups is 2. The number of fused-ring (bicyclic) bond motifs is 1. The number of carbonyl (C=O) groups excluding carboxylic acids is 2. The zero-order valence-corrected chi connectivity index (χ0v) is 20.9. The maximum Gasteiger partial charge on any atom is 0.246 e. The van der Waals surface area contributed by atoms with E-state index in [2.05, 4.69) is 33.5 Å². The number of nitrogens with one attached hydrogen (secondary N) is 3. The first-order chi connectivity index (χ1) is 15.7. The van der Waals surface area contributed by atoms with Crippen molar-refractivity contribution >= 4 is 23.2 Å². The van der Waals surface area contributed by atoms with E-state index in [1.54, 1.807) is 25.3 Å². The maximum absolute atomic E-state index is 13.8. The molecule has 7 nitrogen and oxygen atoms in total. The summed E-state index contributed by atoms with van der Waals surface area (Å²) in [6.45, 7) is 9.32. The zero-order chi connectivity index (χ0) is 23.8. The van der Waals surface area contributed by atoms with E-state index in [0.29, 0.717) is 6.54 Å². The number of rotatable bonds is 6. The van der Waals surface area contributed by atoms with Crippen molar-refractivity contribution in [3.05, 3.63) is 40.7 Å². The van der Waals surface area contributed by atoms with Crippen molar-refractivity contribution in [3.8, 4) is 11.3 Å². The van der Waals surface area contributed by atoms with Gasteiger partial charge < -0.3 is 20.9 Å². The van der Waals surface area contributed by atoms with Crippen LogP contribution in [0.5, 0.6) is 0 Å². The van der Waals surface area contributed by atoms with Crippen LogP contribution in [0, 0.1) is 5.41 Å². The highest BCUT2D eigenvalue weighted by Crippen LogP contribution is 2.39. The Balaban J connectivity index is 1.56. The van der Waals surface area contributed by atoms with E-state index in [-0.39, 0.29) is 35.9 Å². The summed E-state index contributed by atoms with van der Waals surface area (Å²) in [5, 5.41) is 12.8. The van der Waals surface area contributed by atoms with Crippen molar-refractivity contribution in [2.75, 3.05) is 20.1 Å². The normalized spacial score (nSPS) is 24.4. The predicted molar refractivity (Wildman–Crippen MR) is 132 cm³/mol. The molecule has 8 heteroatoms. The summed E-state index contributed by atoms with van der Waals surface area (Å²) in [6.07, 6.45) is 0.918. The number of likely N-dealkylation sites (tertiary alicyclic amines) is 1. The highest BCUT2D eigenvalue weighted by molar-refractivity contribution is 7.10. The van der Waals surface area contributed by atoms with Crippen LogP contribution in [0.15, 0.2) is 35.7 Å². The van der Waals surface area contributed by atoms with Gasteiger partial charge in [-0.15, -0.1) is 11.3 Å². The fourth-order valence-electron chi connectivity index (χ4n) is 4.84. The van der Waals surface area contributed by atoms with Gasteiger partial charge in [0.15, 0.2) is 0 Å². The summed E-state index contributed by atoms with van der Waals surface area (Å²) in [7, 11) is 1.75. The Morgan fingerprint density at radius 3 is 2.64 bits per heavy atom. The topological polar surface area (TPSA) is 86.4 Å². The minimum absolute atomic E-state index is 0.000178. The number of thiazole rings is 1. The molecule has 1 aromatic heterocycles. The predicted octanol–water partition coefficient (Wildman–Crippen LogP) is 2.61. The van der Waals surface area contributed by atoms with Crippen LogP contribution in [0.1, 0.15) is 45.0 Å². The molecule has 0 unspecified atom stereocenters. The molecule has 3 N–H and O–H groups in total. The summed E-state index contributed by atoms with van der Waals surface area (Å²) >= 11 is 1.67. The Morgan fingerprint density at radius 1 is 1.24 bits per heavy atom. The van der Waals surface area contributed by atoms with Gasteiger partial charge in [-0.1, -0.05) is 51.1 Å². The number of amides is 2. The summed E-state index contributed by atoms with van der Waals surface area (Å²) in [4.78, 5) is 33.4. The Kier molecular flexibility index (Phi) is 6.88. The quantitative estimate of drug-likeness (QED) is 0.606. The number of hydrogen-bond acceptors (Lipinski definition) is 6. The van der Waals surface area contributed by atoms with Gasteiger partial charge in [0.25, 0.3) is 0 Å². The van der Waals surface area contributed by atoms with Crippen molar-refractivity contribution in [1.29, 1.82) is 0 Å². The molecule has 0 saturated carbocycles. The lowest BCUT2D eigenvalue weighted by molar-refractivity contribution is -0.140. The fourth-order valence-corrected chi connectivity index (χ4v) is 5.81. The lowest BCUT2D eigenvalue weighted by atomic mass is 9.85. The highest BCUT2D eigenvalue weighted by atomic mass is 32.1. The summed E-state index contributed by atoms with van der Waals surface area (Å²) < 4.78 is 0. The third kappa shape index (κ3) is 4.83. The number of nitrogens with zero attached hydrogens (tertiary/aromatic N) is 2. The average Bonchev–Trinajstić information content (AvgIpc) is 3.52. The van der Waals surface area contributed by atoms with Crippen LogP contribution < -0.4 is 16.0 Å². The van der Waals surface area contributed by atoms with E-state index >= 15 is 0 Å². The first-order valence-corrected chi connectivity index (χ1v) is 12.6. The van der Waals surface area contributed by atoms with Gasteiger partial charge in [0, 0.05) is 36.0 Å². The molecule has 178 valence electrons. The molecule has 5 atom stereocenters. The van der Waals surface area contributed by atoms with Gasteiger partial charge in [-0.2, -0.15) is 0 Å².